The van der Waals surface area contributed by atoms with Gasteiger partial charge < -0.3 is 9.88 Å². The first-order chi connectivity index (χ1) is 5.83. The third kappa shape index (κ3) is 1.19. The van der Waals surface area contributed by atoms with Gasteiger partial charge in [0.25, 0.3) is 0 Å². The van der Waals surface area contributed by atoms with Gasteiger partial charge in [-0.25, -0.2) is 4.98 Å². The van der Waals surface area contributed by atoms with E-state index in [0.717, 1.165) is 30.7 Å². The molecule has 1 N–H and O–H groups in total. The Morgan fingerprint density at radius 1 is 1.67 bits per heavy atom. The van der Waals surface area contributed by atoms with Crippen molar-refractivity contribution < 1.29 is 0 Å². The summed E-state index contributed by atoms with van der Waals surface area (Å²) in [7, 11) is 0. The summed E-state index contributed by atoms with van der Waals surface area (Å²) in [5, 5.41) is 3.33. The van der Waals surface area contributed by atoms with Crippen molar-refractivity contribution in [1.82, 2.24) is 14.9 Å². The van der Waals surface area contributed by atoms with Crippen LogP contribution >= 0.6 is 15.9 Å². The summed E-state index contributed by atoms with van der Waals surface area (Å²) in [6.45, 7) is 5.19. The average molecular weight is 230 g/mol. The third-order valence-corrected chi connectivity index (χ3v) is 2.86. The smallest absolute Gasteiger partial charge is 0.128 e. The molecule has 1 aromatic heterocycles. The molecule has 1 aliphatic heterocycles. The Bertz CT molecular complexity index is 293. The monoisotopic (exact) mass is 229 g/mol. The lowest BCUT2D eigenvalue weighted by Crippen LogP contribution is -2.28. The van der Waals surface area contributed by atoms with Crippen LogP contribution < -0.4 is 5.32 Å². The first kappa shape index (κ1) is 8.26. The number of imidazole rings is 1. The van der Waals surface area contributed by atoms with Gasteiger partial charge in [-0.05, 0) is 15.9 Å². The molecule has 0 saturated carbocycles. The molecule has 4 heteroatoms. The first-order valence-corrected chi connectivity index (χ1v) is 5.06. The highest BCUT2D eigenvalue weighted by atomic mass is 79.9. The summed E-state index contributed by atoms with van der Waals surface area (Å²) in [5.74, 6) is 1.19. The van der Waals surface area contributed by atoms with E-state index >= 15 is 0 Å². The van der Waals surface area contributed by atoms with Crippen molar-refractivity contribution in [2.45, 2.75) is 26.4 Å². The molecule has 0 atom stereocenters. The van der Waals surface area contributed by atoms with Gasteiger partial charge in [0, 0.05) is 26.1 Å². The minimum atomic E-state index is 0.938. The zero-order valence-corrected chi connectivity index (χ0v) is 8.69. The van der Waals surface area contributed by atoms with Crippen molar-refractivity contribution >= 4 is 15.9 Å². The minimum absolute atomic E-state index is 0.938. The summed E-state index contributed by atoms with van der Waals surface area (Å²) in [4.78, 5) is 4.45. The number of fused-ring (bicyclic) bond motifs is 1. The zero-order valence-electron chi connectivity index (χ0n) is 7.10. The van der Waals surface area contributed by atoms with Crippen molar-refractivity contribution in [3.8, 4) is 0 Å². The van der Waals surface area contributed by atoms with E-state index < -0.39 is 0 Å². The Labute approximate surface area is 80.3 Å². The highest BCUT2D eigenvalue weighted by Crippen LogP contribution is 2.20. The average Bonchev–Trinajstić information content (AvgIpc) is 2.44. The van der Waals surface area contributed by atoms with Crippen LogP contribution in [0.5, 0.6) is 0 Å². The fourth-order valence-electron chi connectivity index (χ4n) is 1.61. The Hall–Kier alpha value is -0.350. The maximum Gasteiger partial charge on any atom is 0.128 e. The van der Waals surface area contributed by atoms with Crippen LogP contribution in [0.3, 0.4) is 0 Å². The van der Waals surface area contributed by atoms with E-state index in [1.807, 2.05) is 0 Å². The van der Waals surface area contributed by atoms with Gasteiger partial charge in [0.2, 0.25) is 0 Å². The molecule has 0 spiro atoms. The predicted octanol–water partition coefficient (Wildman–Crippen LogP) is 1.31. The van der Waals surface area contributed by atoms with Crippen LogP contribution in [0.15, 0.2) is 4.60 Å². The third-order valence-electron chi connectivity index (χ3n) is 2.22. The lowest BCUT2D eigenvalue weighted by atomic mass is 10.3. The number of nitrogens with zero attached hydrogens (tertiary/aromatic N) is 2. The summed E-state index contributed by atoms with van der Waals surface area (Å²) in [6, 6.07) is 0. The molecule has 0 unspecified atom stereocenters. The van der Waals surface area contributed by atoms with Crippen LogP contribution in [0.25, 0.3) is 0 Å². The molecule has 0 bridgehead atoms. The predicted molar refractivity (Wildman–Crippen MR) is 51.0 cm³/mol. The van der Waals surface area contributed by atoms with E-state index in [4.69, 9.17) is 0 Å². The van der Waals surface area contributed by atoms with Crippen LogP contribution in [0.4, 0.5) is 0 Å². The molecule has 0 aliphatic carbocycles. The van der Waals surface area contributed by atoms with Crippen molar-refractivity contribution in [3.63, 3.8) is 0 Å². The second kappa shape index (κ2) is 3.18. The Morgan fingerprint density at radius 3 is 3.25 bits per heavy atom. The molecule has 0 saturated heterocycles. The maximum absolute atomic E-state index is 4.45. The lowest BCUT2D eigenvalue weighted by Gasteiger charge is -2.17. The molecule has 0 amide bonds. The van der Waals surface area contributed by atoms with Gasteiger partial charge in [-0.3, -0.25) is 0 Å². The number of hydrogen-bond donors (Lipinski definition) is 1. The Balaban J connectivity index is 2.47. The first-order valence-electron chi connectivity index (χ1n) is 4.27. The Morgan fingerprint density at radius 2 is 2.50 bits per heavy atom. The topological polar surface area (TPSA) is 29.9 Å². The second-order valence-electron chi connectivity index (χ2n) is 2.95. The van der Waals surface area contributed by atoms with E-state index in [2.05, 4.69) is 37.7 Å². The van der Waals surface area contributed by atoms with E-state index in [1.54, 1.807) is 0 Å². The molecule has 3 nitrogen and oxygen atoms in total. The second-order valence-corrected chi connectivity index (χ2v) is 3.70. The molecule has 0 fully saturated rings. The van der Waals surface area contributed by atoms with Gasteiger partial charge in [-0.1, -0.05) is 6.92 Å². The zero-order chi connectivity index (χ0) is 8.55. The number of hydrogen-bond acceptors (Lipinski definition) is 2. The van der Waals surface area contributed by atoms with E-state index in [1.165, 1.54) is 11.5 Å². The van der Waals surface area contributed by atoms with Crippen LogP contribution in [-0.2, 0) is 19.5 Å². The van der Waals surface area contributed by atoms with Gasteiger partial charge in [-0.2, -0.15) is 0 Å². The summed E-state index contributed by atoms with van der Waals surface area (Å²) < 4.78 is 3.31. The van der Waals surface area contributed by atoms with E-state index in [9.17, 15) is 0 Å². The van der Waals surface area contributed by atoms with Crippen molar-refractivity contribution in [2.24, 2.45) is 0 Å². The molecular formula is C8H12BrN3. The maximum atomic E-state index is 4.45. The number of nitrogens with one attached hydrogen (secondary N) is 1. The van der Waals surface area contributed by atoms with Gasteiger partial charge >= 0.3 is 0 Å². The summed E-state index contributed by atoms with van der Waals surface area (Å²) in [6.07, 6.45) is 1.01. The fourth-order valence-corrected chi connectivity index (χ4v) is 2.16. The molecule has 2 heterocycles. The Kier molecular flexibility index (Phi) is 2.19. The number of aromatic nitrogens is 2. The van der Waals surface area contributed by atoms with Crippen LogP contribution in [0.1, 0.15) is 18.4 Å². The number of rotatable bonds is 1. The van der Waals surface area contributed by atoms with Gasteiger partial charge in [0.05, 0.1) is 5.69 Å². The SMILES string of the molecule is CCc1nc(Br)c2n1CCNC2. The van der Waals surface area contributed by atoms with Crippen molar-refractivity contribution in [1.29, 1.82) is 0 Å². The molecule has 0 aromatic carbocycles. The number of aryl methyl sites for hydroxylation is 1. The summed E-state index contributed by atoms with van der Waals surface area (Å²) in [5.41, 5.74) is 1.29. The normalized spacial score (nSPS) is 16.2. The standard InChI is InChI=1S/C8H12BrN3/c1-2-7-11-8(9)6-5-10-3-4-12(6)7/h10H,2-5H2,1H3. The van der Waals surface area contributed by atoms with E-state index in [0.29, 0.717) is 0 Å². The van der Waals surface area contributed by atoms with Crippen LogP contribution in [-0.4, -0.2) is 16.1 Å². The lowest BCUT2D eigenvalue weighted by molar-refractivity contribution is 0.501. The van der Waals surface area contributed by atoms with Gasteiger partial charge in [-0.15, -0.1) is 0 Å². The molecule has 1 aliphatic rings. The minimum Gasteiger partial charge on any atom is -0.329 e. The number of halogens is 1. The van der Waals surface area contributed by atoms with Gasteiger partial charge in [0.15, 0.2) is 0 Å². The van der Waals surface area contributed by atoms with Gasteiger partial charge in [0.1, 0.15) is 10.4 Å². The largest absolute Gasteiger partial charge is 0.329 e. The molecule has 66 valence electrons. The van der Waals surface area contributed by atoms with Crippen LogP contribution in [0.2, 0.25) is 0 Å². The van der Waals surface area contributed by atoms with E-state index in [-0.39, 0.29) is 0 Å². The quantitative estimate of drug-likeness (QED) is 0.788. The molecular weight excluding hydrogens is 218 g/mol. The highest BCUT2D eigenvalue weighted by Gasteiger charge is 2.16. The molecule has 1 aromatic rings. The molecule has 0 radical (unpaired) electrons. The molecule has 2 rings (SSSR count). The highest BCUT2D eigenvalue weighted by molar-refractivity contribution is 9.10. The van der Waals surface area contributed by atoms with Crippen molar-refractivity contribution in [3.05, 3.63) is 16.1 Å². The summed E-state index contributed by atoms with van der Waals surface area (Å²) >= 11 is 3.47. The fraction of sp³-hybridized carbons (Fsp3) is 0.625. The van der Waals surface area contributed by atoms with Crippen molar-refractivity contribution in [2.75, 3.05) is 6.54 Å². The van der Waals surface area contributed by atoms with Crippen LogP contribution in [0, 0.1) is 0 Å². The molecule has 12 heavy (non-hydrogen) atoms.